The number of nitriles is 1. The molecule has 0 amide bonds. The molecule has 0 aromatic heterocycles. The summed E-state index contributed by atoms with van der Waals surface area (Å²) in [6.07, 6.45) is 0. The zero-order chi connectivity index (χ0) is 13.8. The zero-order valence-corrected chi connectivity index (χ0v) is 11.5. The van der Waals surface area contributed by atoms with Gasteiger partial charge in [-0.3, -0.25) is 0 Å². The summed E-state index contributed by atoms with van der Waals surface area (Å²) >= 11 is 0. The lowest BCUT2D eigenvalue weighted by Gasteiger charge is -2.14. The number of hydrogen-bond acceptors (Lipinski definition) is 2. The quantitative estimate of drug-likeness (QED) is 0.786. The van der Waals surface area contributed by atoms with Crippen LogP contribution in [0.3, 0.4) is 0 Å². The number of rotatable bonds is 3. The summed E-state index contributed by atoms with van der Waals surface area (Å²) in [7, 11) is 0. The summed E-state index contributed by atoms with van der Waals surface area (Å²) in [6.45, 7) is 6.33. The van der Waals surface area contributed by atoms with Gasteiger partial charge in [-0.25, -0.2) is 0 Å². The molecule has 96 valence electrons. The Hall–Kier alpha value is -2.27. The third-order valence-corrected chi connectivity index (χ3v) is 2.98. The molecular weight excluding hydrogens is 234 g/mol. The lowest BCUT2D eigenvalue weighted by molar-refractivity contribution is 0.472. The number of hydrogen-bond donors (Lipinski definition) is 0. The molecule has 0 saturated carbocycles. The third kappa shape index (κ3) is 3.14. The fourth-order valence-corrected chi connectivity index (χ4v) is 1.96. The van der Waals surface area contributed by atoms with Crippen molar-refractivity contribution in [3.05, 3.63) is 59.2 Å². The smallest absolute Gasteiger partial charge is 0.131 e. The molecule has 0 spiro atoms. The van der Waals surface area contributed by atoms with Crippen LogP contribution >= 0.6 is 0 Å². The first kappa shape index (κ1) is 13.2. The largest absolute Gasteiger partial charge is 0.457 e. The van der Waals surface area contributed by atoms with Gasteiger partial charge < -0.3 is 4.74 Å². The Morgan fingerprint density at radius 2 is 1.89 bits per heavy atom. The molecule has 0 aliphatic rings. The molecule has 2 heteroatoms. The van der Waals surface area contributed by atoms with Crippen molar-refractivity contribution in [1.82, 2.24) is 0 Å². The Bertz CT molecular complexity index is 623. The molecule has 0 aliphatic heterocycles. The molecule has 0 radical (unpaired) electrons. The van der Waals surface area contributed by atoms with Crippen molar-refractivity contribution in [3.63, 3.8) is 0 Å². The summed E-state index contributed by atoms with van der Waals surface area (Å²) in [5.41, 5.74) is 2.94. The highest BCUT2D eigenvalue weighted by atomic mass is 16.5. The minimum Gasteiger partial charge on any atom is -0.457 e. The topological polar surface area (TPSA) is 33.0 Å². The first-order valence-electron chi connectivity index (χ1n) is 6.38. The van der Waals surface area contributed by atoms with Crippen LogP contribution in [0.15, 0.2) is 42.5 Å². The van der Waals surface area contributed by atoms with Gasteiger partial charge in [-0.1, -0.05) is 32.0 Å². The maximum absolute atomic E-state index is 8.91. The molecule has 0 fully saturated rings. The van der Waals surface area contributed by atoms with Gasteiger partial charge in [0, 0.05) is 0 Å². The molecule has 2 aromatic rings. The second-order valence-corrected chi connectivity index (χ2v) is 4.94. The molecule has 0 saturated heterocycles. The first-order valence-corrected chi connectivity index (χ1v) is 6.38. The molecule has 0 aliphatic carbocycles. The van der Waals surface area contributed by atoms with Gasteiger partial charge in [0.05, 0.1) is 11.6 Å². The van der Waals surface area contributed by atoms with Gasteiger partial charge in [0.1, 0.15) is 11.5 Å². The lowest BCUT2D eigenvalue weighted by atomic mass is 10.0. The van der Waals surface area contributed by atoms with E-state index in [1.54, 1.807) is 12.1 Å². The predicted molar refractivity (Wildman–Crippen MR) is 76.5 cm³/mol. The second kappa shape index (κ2) is 5.58. The van der Waals surface area contributed by atoms with Crippen LogP contribution in [0.4, 0.5) is 0 Å². The fraction of sp³-hybridized carbons (Fsp3) is 0.235. The third-order valence-electron chi connectivity index (χ3n) is 2.98. The first-order chi connectivity index (χ1) is 9.10. The van der Waals surface area contributed by atoms with Gasteiger partial charge >= 0.3 is 0 Å². The van der Waals surface area contributed by atoms with Gasteiger partial charge in [-0.05, 0) is 48.2 Å². The molecule has 0 bridgehead atoms. The van der Waals surface area contributed by atoms with Crippen LogP contribution in [-0.4, -0.2) is 0 Å². The molecule has 0 N–H and O–H groups in total. The van der Waals surface area contributed by atoms with Gasteiger partial charge in [0.25, 0.3) is 0 Å². The Kier molecular flexibility index (Phi) is 3.87. The van der Waals surface area contributed by atoms with Crippen LogP contribution in [0, 0.1) is 18.3 Å². The van der Waals surface area contributed by atoms with Crippen LogP contribution in [-0.2, 0) is 0 Å². The number of aryl methyl sites for hydroxylation is 1. The monoisotopic (exact) mass is 251 g/mol. The summed E-state index contributed by atoms with van der Waals surface area (Å²) in [5.74, 6) is 1.96. The molecule has 2 nitrogen and oxygen atoms in total. The molecule has 2 aromatic carbocycles. The zero-order valence-electron chi connectivity index (χ0n) is 11.5. The molecule has 0 heterocycles. The SMILES string of the molecule is Cc1ccc(C(C)C)c(Oc2cccc(C#N)c2)c1. The Morgan fingerprint density at radius 3 is 2.58 bits per heavy atom. The average molecular weight is 251 g/mol. The van der Waals surface area contributed by atoms with Crippen LogP contribution in [0.1, 0.15) is 36.5 Å². The van der Waals surface area contributed by atoms with Gasteiger partial charge in [-0.2, -0.15) is 5.26 Å². The standard InChI is InChI=1S/C17H17NO/c1-12(2)16-8-7-13(3)9-17(16)19-15-6-4-5-14(10-15)11-18/h4-10,12H,1-3H3. The predicted octanol–water partition coefficient (Wildman–Crippen LogP) is 4.78. The van der Waals surface area contributed by atoms with Crippen LogP contribution in [0.25, 0.3) is 0 Å². The Balaban J connectivity index is 2.37. The molecule has 2 rings (SSSR count). The van der Waals surface area contributed by atoms with E-state index in [4.69, 9.17) is 10.00 Å². The Morgan fingerprint density at radius 1 is 1.11 bits per heavy atom. The summed E-state index contributed by atoms with van der Waals surface area (Å²) in [5, 5.41) is 8.91. The maximum atomic E-state index is 8.91. The minimum absolute atomic E-state index is 0.398. The van der Waals surface area contributed by atoms with E-state index in [9.17, 15) is 0 Å². The summed E-state index contributed by atoms with van der Waals surface area (Å²) in [4.78, 5) is 0. The summed E-state index contributed by atoms with van der Waals surface area (Å²) in [6, 6.07) is 15.6. The highest BCUT2D eigenvalue weighted by Crippen LogP contribution is 2.31. The van der Waals surface area contributed by atoms with Crippen molar-refractivity contribution in [2.24, 2.45) is 0 Å². The molecule has 0 atom stereocenters. The van der Waals surface area contributed by atoms with E-state index in [0.29, 0.717) is 17.2 Å². The van der Waals surface area contributed by atoms with E-state index >= 15 is 0 Å². The maximum Gasteiger partial charge on any atom is 0.131 e. The van der Waals surface area contributed by atoms with Gasteiger partial charge in [-0.15, -0.1) is 0 Å². The van der Waals surface area contributed by atoms with E-state index in [1.807, 2.05) is 25.1 Å². The van der Waals surface area contributed by atoms with Crippen molar-refractivity contribution in [1.29, 1.82) is 5.26 Å². The fourth-order valence-electron chi connectivity index (χ4n) is 1.96. The normalized spacial score (nSPS) is 10.3. The van der Waals surface area contributed by atoms with E-state index < -0.39 is 0 Å². The molecular formula is C17H17NO. The van der Waals surface area contributed by atoms with Gasteiger partial charge in [0.15, 0.2) is 0 Å². The van der Waals surface area contributed by atoms with Crippen LogP contribution in [0.5, 0.6) is 11.5 Å². The lowest BCUT2D eigenvalue weighted by Crippen LogP contribution is -1.95. The average Bonchev–Trinajstić information content (AvgIpc) is 2.38. The van der Waals surface area contributed by atoms with E-state index in [0.717, 1.165) is 11.3 Å². The Labute approximate surface area is 114 Å². The van der Waals surface area contributed by atoms with Gasteiger partial charge in [0.2, 0.25) is 0 Å². The highest BCUT2D eigenvalue weighted by Gasteiger charge is 2.09. The van der Waals surface area contributed by atoms with Crippen molar-refractivity contribution in [2.75, 3.05) is 0 Å². The van der Waals surface area contributed by atoms with E-state index in [2.05, 4.69) is 32.0 Å². The van der Waals surface area contributed by atoms with Crippen molar-refractivity contribution < 1.29 is 4.74 Å². The van der Waals surface area contributed by atoms with Crippen LogP contribution in [0.2, 0.25) is 0 Å². The molecule has 19 heavy (non-hydrogen) atoms. The van der Waals surface area contributed by atoms with Crippen LogP contribution < -0.4 is 4.74 Å². The second-order valence-electron chi connectivity index (χ2n) is 4.94. The van der Waals surface area contributed by atoms with E-state index in [1.165, 1.54) is 5.56 Å². The minimum atomic E-state index is 0.398. The molecule has 0 unspecified atom stereocenters. The van der Waals surface area contributed by atoms with Crippen molar-refractivity contribution >= 4 is 0 Å². The summed E-state index contributed by atoms with van der Waals surface area (Å²) < 4.78 is 5.94. The highest BCUT2D eigenvalue weighted by molar-refractivity contribution is 5.44. The van der Waals surface area contributed by atoms with Crippen molar-refractivity contribution in [2.45, 2.75) is 26.7 Å². The van der Waals surface area contributed by atoms with E-state index in [-0.39, 0.29) is 0 Å². The number of nitrogens with zero attached hydrogens (tertiary/aromatic N) is 1. The number of benzene rings is 2. The van der Waals surface area contributed by atoms with Crippen molar-refractivity contribution in [3.8, 4) is 17.6 Å². The number of ether oxygens (including phenoxy) is 1.